The van der Waals surface area contributed by atoms with Crippen molar-refractivity contribution in [3.05, 3.63) is 23.5 Å². The summed E-state index contributed by atoms with van der Waals surface area (Å²) in [4.78, 5) is 11.0. The summed E-state index contributed by atoms with van der Waals surface area (Å²) in [7, 11) is 1.86. The van der Waals surface area contributed by atoms with E-state index in [0.717, 1.165) is 18.5 Å². The third-order valence-electron chi connectivity index (χ3n) is 3.04. The van der Waals surface area contributed by atoms with Gasteiger partial charge in [-0.15, -0.1) is 0 Å². The SMILES string of the molecule is Cn1cc(CNC2CCC(=O)NC2)cc1C#N. The minimum atomic E-state index is 0.134. The summed E-state index contributed by atoms with van der Waals surface area (Å²) in [6, 6.07) is 4.35. The Balaban J connectivity index is 1.85. The zero-order valence-electron chi connectivity index (χ0n) is 9.86. The normalized spacial score (nSPS) is 19.8. The van der Waals surface area contributed by atoms with Gasteiger partial charge in [-0.25, -0.2) is 0 Å². The molecule has 1 aliphatic rings. The quantitative estimate of drug-likeness (QED) is 0.785. The maximum atomic E-state index is 11.0. The van der Waals surface area contributed by atoms with Gasteiger partial charge in [-0.2, -0.15) is 5.26 Å². The maximum Gasteiger partial charge on any atom is 0.220 e. The highest BCUT2D eigenvalue weighted by Crippen LogP contribution is 2.08. The smallest absolute Gasteiger partial charge is 0.220 e. The molecule has 1 aliphatic heterocycles. The summed E-state index contributed by atoms with van der Waals surface area (Å²) in [5.74, 6) is 0.134. The van der Waals surface area contributed by atoms with Crippen LogP contribution in [0, 0.1) is 11.3 Å². The Morgan fingerprint density at radius 1 is 1.71 bits per heavy atom. The van der Waals surface area contributed by atoms with Gasteiger partial charge in [-0.05, 0) is 18.1 Å². The summed E-state index contributed by atoms with van der Waals surface area (Å²) in [6.45, 7) is 1.42. The van der Waals surface area contributed by atoms with E-state index in [1.54, 1.807) is 0 Å². The first kappa shape index (κ1) is 11.7. The topological polar surface area (TPSA) is 69.8 Å². The number of amides is 1. The zero-order valence-corrected chi connectivity index (χ0v) is 9.86. The van der Waals surface area contributed by atoms with Crippen LogP contribution in [0.1, 0.15) is 24.1 Å². The minimum Gasteiger partial charge on any atom is -0.355 e. The van der Waals surface area contributed by atoms with Crippen LogP contribution in [0.3, 0.4) is 0 Å². The molecule has 0 aliphatic carbocycles. The average Bonchev–Trinajstić information content (AvgIpc) is 2.69. The van der Waals surface area contributed by atoms with Crippen molar-refractivity contribution in [1.82, 2.24) is 15.2 Å². The third kappa shape index (κ3) is 2.86. The molecule has 1 saturated heterocycles. The lowest BCUT2D eigenvalue weighted by molar-refractivity contribution is -0.122. The monoisotopic (exact) mass is 232 g/mol. The largest absolute Gasteiger partial charge is 0.355 e. The van der Waals surface area contributed by atoms with Gasteiger partial charge in [0.1, 0.15) is 11.8 Å². The molecule has 0 aromatic carbocycles. The molecule has 0 radical (unpaired) electrons. The van der Waals surface area contributed by atoms with Crippen molar-refractivity contribution < 1.29 is 4.79 Å². The summed E-state index contributed by atoms with van der Waals surface area (Å²) >= 11 is 0. The second-order valence-corrected chi connectivity index (χ2v) is 4.38. The Morgan fingerprint density at radius 2 is 2.53 bits per heavy atom. The fourth-order valence-electron chi connectivity index (χ4n) is 2.01. The number of rotatable bonds is 3. The maximum absolute atomic E-state index is 11.0. The summed E-state index contributed by atoms with van der Waals surface area (Å²) in [5.41, 5.74) is 1.76. The fraction of sp³-hybridized carbons (Fsp3) is 0.500. The van der Waals surface area contributed by atoms with Crippen LogP contribution in [0.15, 0.2) is 12.3 Å². The van der Waals surface area contributed by atoms with E-state index in [2.05, 4.69) is 16.7 Å². The summed E-state index contributed by atoms with van der Waals surface area (Å²) in [6.07, 6.45) is 3.42. The first-order valence-corrected chi connectivity index (χ1v) is 5.74. The molecule has 0 bridgehead atoms. The van der Waals surface area contributed by atoms with E-state index in [1.807, 2.05) is 23.9 Å². The molecule has 1 aromatic rings. The highest BCUT2D eigenvalue weighted by Gasteiger charge is 2.17. The zero-order chi connectivity index (χ0) is 12.3. The van der Waals surface area contributed by atoms with Crippen molar-refractivity contribution >= 4 is 5.91 Å². The number of hydrogen-bond donors (Lipinski definition) is 2. The number of hydrogen-bond acceptors (Lipinski definition) is 3. The van der Waals surface area contributed by atoms with Gasteiger partial charge in [0.2, 0.25) is 5.91 Å². The van der Waals surface area contributed by atoms with Gasteiger partial charge in [0.15, 0.2) is 0 Å². The molecular weight excluding hydrogens is 216 g/mol. The minimum absolute atomic E-state index is 0.134. The lowest BCUT2D eigenvalue weighted by atomic mass is 10.1. The molecule has 5 heteroatoms. The van der Waals surface area contributed by atoms with Gasteiger partial charge in [0, 0.05) is 38.8 Å². The molecule has 1 amide bonds. The van der Waals surface area contributed by atoms with Crippen molar-refractivity contribution in [1.29, 1.82) is 5.26 Å². The van der Waals surface area contributed by atoms with Gasteiger partial charge < -0.3 is 15.2 Å². The summed E-state index contributed by atoms with van der Waals surface area (Å²) in [5, 5.41) is 15.1. The number of aromatic nitrogens is 1. The van der Waals surface area contributed by atoms with Crippen LogP contribution in [0.5, 0.6) is 0 Å². The molecule has 0 saturated carbocycles. The standard InChI is InChI=1S/C12H16N4O/c1-16-8-9(4-11(16)5-13)6-14-10-2-3-12(17)15-7-10/h4,8,10,14H,2-3,6-7H2,1H3,(H,15,17). The molecule has 1 aromatic heterocycles. The predicted molar refractivity (Wildman–Crippen MR) is 63.0 cm³/mol. The molecule has 2 N–H and O–H groups in total. The molecule has 1 atom stereocenters. The molecule has 90 valence electrons. The second-order valence-electron chi connectivity index (χ2n) is 4.38. The lowest BCUT2D eigenvalue weighted by Gasteiger charge is -2.23. The number of nitrogens with one attached hydrogen (secondary N) is 2. The number of nitriles is 1. The van der Waals surface area contributed by atoms with E-state index in [4.69, 9.17) is 5.26 Å². The molecule has 2 heterocycles. The molecular formula is C12H16N4O. The lowest BCUT2D eigenvalue weighted by Crippen LogP contribution is -2.45. The Morgan fingerprint density at radius 3 is 3.12 bits per heavy atom. The van der Waals surface area contributed by atoms with E-state index in [0.29, 0.717) is 24.7 Å². The van der Waals surface area contributed by atoms with Crippen LogP contribution in [0.4, 0.5) is 0 Å². The van der Waals surface area contributed by atoms with Gasteiger partial charge in [0.25, 0.3) is 0 Å². The molecule has 0 spiro atoms. The van der Waals surface area contributed by atoms with E-state index in [9.17, 15) is 4.79 Å². The van der Waals surface area contributed by atoms with Crippen LogP contribution < -0.4 is 10.6 Å². The molecule has 1 fully saturated rings. The summed E-state index contributed by atoms with van der Waals surface area (Å²) < 4.78 is 1.82. The molecule has 5 nitrogen and oxygen atoms in total. The first-order valence-electron chi connectivity index (χ1n) is 5.74. The average molecular weight is 232 g/mol. The Labute approximate surface area is 100 Å². The highest BCUT2D eigenvalue weighted by atomic mass is 16.1. The van der Waals surface area contributed by atoms with Gasteiger partial charge in [0.05, 0.1) is 0 Å². The van der Waals surface area contributed by atoms with Gasteiger partial charge in [-0.1, -0.05) is 0 Å². The van der Waals surface area contributed by atoms with Crippen molar-refractivity contribution in [3.63, 3.8) is 0 Å². The number of nitrogens with zero attached hydrogens (tertiary/aromatic N) is 2. The third-order valence-corrected chi connectivity index (χ3v) is 3.04. The van der Waals surface area contributed by atoms with E-state index in [-0.39, 0.29) is 5.91 Å². The highest BCUT2D eigenvalue weighted by molar-refractivity contribution is 5.76. The second kappa shape index (κ2) is 5.02. The van der Waals surface area contributed by atoms with Crippen LogP contribution in [0.25, 0.3) is 0 Å². The fourth-order valence-corrected chi connectivity index (χ4v) is 2.01. The van der Waals surface area contributed by atoms with E-state index < -0.39 is 0 Å². The van der Waals surface area contributed by atoms with Crippen LogP contribution in [0.2, 0.25) is 0 Å². The van der Waals surface area contributed by atoms with Crippen molar-refractivity contribution in [2.24, 2.45) is 7.05 Å². The van der Waals surface area contributed by atoms with Crippen LogP contribution >= 0.6 is 0 Å². The van der Waals surface area contributed by atoms with E-state index >= 15 is 0 Å². The number of piperidine rings is 1. The first-order chi connectivity index (χ1) is 8.19. The Bertz CT molecular complexity index is 448. The molecule has 2 rings (SSSR count). The number of carbonyl (C=O) groups is 1. The number of aryl methyl sites for hydroxylation is 1. The Kier molecular flexibility index (Phi) is 3.45. The van der Waals surface area contributed by atoms with Crippen molar-refractivity contribution in [2.75, 3.05) is 6.54 Å². The van der Waals surface area contributed by atoms with E-state index in [1.165, 1.54) is 0 Å². The van der Waals surface area contributed by atoms with Crippen molar-refractivity contribution in [2.45, 2.75) is 25.4 Å². The Hall–Kier alpha value is -1.80. The molecule has 17 heavy (non-hydrogen) atoms. The molecule has 1 unspecified atom stereocenters. The predicted octanol–water partition coefficient (Wildman–Crippen LogP) is 0.265. The van der Waals surface area contributed by atoms with Crippen LogP contribution in [-0.2, 0) is 18.4 Å². The van der Waals surface area contributed by atoms with Crippen molar-refractivity contribution in [3.8, 4) is 6.07 Å². The van der Waals surface area contributed by atoms with Crippen LogP contribution in [-0.4, -0.2) is 23.1 Å². The van der Waals surface area contributed by atoms with Gasteiger partial charge in [-0.3, -0.25) is 4.79 Å². The number of carbonyl (C=O) groups excluding carboxylic acids is 1. The van der Waals surface area contributed by atoms with Gasteiger partial charge >= 0.3 is 0 Å².